The van der Waals surface area contributed by atoms with Gasteiger partial charge in [-0.25, -0.2) is 4.98 Å². The average molecular weight is 266 g/mol. The van der Waals surface area contributed by atoms with E-state index in [4.69, 9.17) is 0 Å². The van der Waals surface area contributed by atoms with Crippen LogP contribution in [0.3, 0.4) is 0 Å². The minimum Gasteiger partial charge on any atom is -0.264 e. The molecule has 0 amide bonds. The molecule has 0 radical (unpaired) electrons. The molecule has 2 nitrogen and oxygen atoms in total. The molecule has 0 fully saturated rings. The quantitative estimate of drug-likeness (QED) is 0.713. The Bertz CT molecular complexity index is 657. The van der Waals surface area contributed by atoms with Crippen LogP contribution in [-0.2, 0) is 6.42 Å². The van der Waals surface area contributed by atoms with Gasteiger partial charge in [-0.1, -0.05) is 29.8 Å². The fourth-order valence-corrected chi connectivity index (χ4v) is 2.74. The Morgan fingerprint density at radius 3 is 2.68 bits per heavy atom. The van der Waals surface area contributed by atoms with Crippen LogP contribution in [0.4, 0.5) is 0 Å². The first-order chi connectivity index (χ1) is 9.31. The predicted octanol–water partition coefficient (Wildman–Crippen LogP) is 4.10. The topological polar surface area (TPSA) is 25.8 Å². The van der Waals surface area contributed by atoms with Crippen molar-refractivity contribution in [2.24, 2.45) is 0 Å². The number of thiazole rings is 1. The number of benzene rings is 1. The summed E-state index contributed by atoms with van der Waals surface area (Å²) in [5.74, 6) is 0. The molecule has 19 heavy (non-hydrogen) atoms. The molecular formula is C16H14N2S. The summed E-state index contributed by atoms with van der Waals surface area (Å²) < 4.78 is 0. The number of aromatic nitrogens is 2. The Hall–Kier alpha value is -2.00. The summed E-state index contributed by atoms with van der Waals surface area (Å²) in [6.07, 6.45) is 4.52. The maximum absolute atomic E-state index is 4.68. The highest BCUT2D eigenvalue weighted by Crippen LogP contribution is 2.23. The van der Waals surface area contributed by atoms with Crippen LogP contribution in [0.5, 0.6) is 0 Å². The molecule has 3 rings (SSSR count). The predicted molar refractivity (Wildman–Crippen MR) is 79.3 cm³/mol. The first kappa shape index (κ1) is 12.1. The molecule has 0 saturated carbocycles. The zero-order valence-electron chi connectivity index (χ0n) is 10.7. The lowest BCUT2D eigenvalue weighted by atomic mass is 10.1. The number of hydrogen-bond acceptors (Lipinski definition) is 3. The molecule has 0 bridgehead atoms. The fourth-order valence-electron chi connectivity index (χ4n) is 1.93. The van der Waals surface area contributed by atoms with Gasteiger partial charge in [-0.3, -0.25) is 4.98 Å². The normalized spacial score (nSPS) is 10.6. The van der Waals surface area contributed by atoms with E-state index in [1.165, 1.54) is 11.1 Å². The van der Waals surface area contributed by atoms with Gasteiger partial charge in [0, 0.05) is 29.8 Å². The van der Waals surface area contributed by atoms with Crippen molar-refractivity contribution in [3.8, 4) is 10.6 Å². The number of nitrogens with zero attached hydrogens (tertiary/aromatic N) is 2. The highest BCUT2D eigenvalue weighted by Gasteiger charge is 2.05. The van der Waals surface area contributed by atoms with E-state index in [9.17, 15) is 0 Å². The number of hydrogen-bond donors (Lipinski definition) is 0. The van der Waals surface area contributed by atoms with Crippen LogP contribution in [0.25, 0.3) is 10.6 Å². The van der Waals surface area contributed by atoms with Crippen LogP contribution < -0.4 is 0 Å². The summed E-state index contributed by atoms with van der Waals surface area (Å²) in [7, 11) is 0. The Labute approximate surface area is 116 Å². The van der Waals surface area contributed by atoms with Crippen LogP contribution in [-0.4, -0.2) is 9.97 Å². The minimum atomic E-state index is 0.886. The van der Waals surface area contributed by atoms with Crippen molar-refractivity contribution in [1.82, 2.24) is 9.97 Å². The number of pyridine rings is 1. The second-order valence-corrected chi connectivity index (χ2v) is 5.41. The summed E-state index contributed by atoms with van der Waals surface area (Å²) in [6, 6.07) is 12.6. The van der Waals surface area contributed by atoms with Gasteiger partial charge in [0.15, 0.2) is 0 Å². The maximum Gasteiger partial charge on any atom is 0.125 e. The average Bonchev–Trinajstić information content (AvgIpc) is 2.91. The highest BCUT2D eigenvalue weighted by molar-refractivity contribution is 7.13. The zero-order valence-corrected chi connectivity index (χ0v) is 11.5. The molecule has 1 aromatic carbocycles. The Morgan fingerprint density at radius 2 is 1.95 bits per heavy atom. The SMILES string of the molecule is Cc1ccc(Cc2csc(-c3cccnc3)n2)cc1. The van der Waals surface area contributed by atoms with Crippen molar-refractivity contribution in [3.05, 3.63) is 71.0 Å². The van der Waals surface area contributed by atoms with Gasteiger partial charge >= 0.3 is 0 Å². The molecule has 0 spiro atoms. The molecule has 94 valence electrons. The summed E-state index contributed by atoms with van der Waals surface area (Å²) >= 11 is 1.67. The van der Waals surface area contributed by atoms with Crippen molar-refractivity contribution in [2.75, 3.05) is 0 Å². The molecule has 0 atom stereocenters. The van der Waals surface area contributed by atoms with E-state index < -0.39 is 0 Å². The highest BCUT2D eigenvalue weighted by atomic mass is 32.1. The van der Waals surface area contributed by atoms with E-state index in [2.05, 4.69) is 46.5 Å². The Kier molecular flexibility index (Phi) is 3.38. The third-order valence-electron chi connectivity index (χ3n) is 2.97. The molecule has 0 aliphatic rings. The molecule has 3 aromatic rings. The van der Waals surface area contributed by atoms with E-state index in [0.717, 1.165) is 22.7 Å². The van der Waals surface area contributed by atoms with E-state index in [0.29, 0.717) is 0 Å². The molecule has 0 aliphatic carbocycles. The summed E-state index contributed by atoms with van der Waals surface area (Å²) in [5.41, 5.74) is 4.79. The number of aryl methyl sites for hydroxylation is 1. The van der Waals surface area contributed by atoms with E-state index in [1.807, 2.05) is 18.3 Å². The van der Waals surface area contributed by atoms with Crippen molar-refractivity contribution in [2.45, 2.75) is 13.3 Å². The molecule has 0 aliphatic heterocycles. The Morgan fingerprint density at radius 1 is 1.11 bits per heavy atom. The zero-order chi connectivity index (χ0) is 13.1. The molecule has 3 heteroatoms. The van der Waals surface area contributed by atoms with Crippen molar-refractivity contribution in [1.29, 1.82) is 0 Å². The van der Waals surface area contributed by atoms with Gasteiger partial charge in [0.2, 0.25) is 0 Å². The van der Waals surface area contributed by atoms with Gasteiger partial charge in [-0.05, 0) is 24.6 Å². The standard InChI is InChI=1S/C16H14N2S/c1-12-4-6-13(7-5-12)9-15-11-19-16(18-15)14-3-2-8-17-10-14/h2-8,10-11H,9H2,1H3. The monoisotopic (exact) mass is 266 g/mol. The summed E-state index contributed by atoms with van der Waals surface area (Å²) in [6.45, 7) is 2.10. The minimum absolute atomic E-state index is 0.886. The Balaban J connectivity index is 1.80. The summed E-state index contributed by atoms with van der Waals surface area (Å²) in [4.78, 5) is 8.81. The third-order valence-corrected chi connectivity index (χ3v) is 3.91. The second kappa shape index (κ2) is 5.33. The number of rotatable bonds is 3. The first-order valence-corrected chi connectivity index (χ1v) is 7.09. The van der Waals surface area contributed by atoms with Crippen LogP contribution in [0.2, 0.25) is 0 Å². The van der Waals surface area contributed by atoms with Crippen LogP contribution in [0.15, 0.2) is 54.2 Å². The van der Waals surface area contributed by atoms with Gasteiger partial charge in [-0.2, -0.15) is 0 Å². The molecule has 0 unspecified atom stereocenters. The van der Waals surface area contributed by atoms with Gasteiger partial charge in [0.05, 0.1) is 5.69 Å². The second-order valence-electron chi connectivity index (χ2n) is 4.55. The van der Waals surface area contributed by atoms with E-state index in [1.54, 1.807) is 17.5 Å². The van der Waals surface area contributed by atoms with Crippen LogP contribution in [0.1, 0.15) is 16.8 Å². The smallest absolute Gasteiger partial charge is 0.125 e. The van der Waals surface area contributed by atoms with Gasteiger partial charge in [0.1, 0.15) is 5.01 Å². The van der Waals surface area contributed by atoms with Gasteiger partial charge < -0.3 is 0 Å². The van der Waals surface area contributed by atoms with Crippen LogP contribution >= 0.6 is 11.3 Å². The lowest BCUT2D eigenvalue weighted by molar-refractivity contribution is 1.10. The van der Waals surface area contributed by atoms with Gasteiger partial charge in [0.25, 0.3) is 0 Å². The summed E-state index contributed by atoms with van der Waals surface area (Å²) in [5, 5.41) is 3.16. The molecule has 0 saturated heterocycles. The maximum atomic E-state index is 4.68. The lowest BCUT2D eigenvalue weighted by Gasteiger charge is -1.99. The van der Waals surface area contributed by atoms with Crippen molar-refractivity contribution in [3.63, 3.8) is 0 Å². The largest absolute Gasteiger partial charge is 0.264 e. The van der Waals surface area contributed by atoms with Gasteiger partial charge in [-0.15, -0.1) is 11.3 Å². The third kappa shape index (κ3) is 2.88. The van der Waals surface area contributed by atoms with E-state index in [-0.39, 0.29) is 0 Å². The van der Waals surface area contributed by atoms with Crippen LogP contribution in [0, 0.1) is 6.92 Å². The molecular weight excluding hydrogens is 252 g/mol. The first-order valence-electron chi connectivity index (χ1n) is 6.21. The fraction of sp³-hybridized carbons (Fsp3) is 0.125. The van der Waals surface area contributed by atoms with Crippen molar-refractivity contribution < 1.29 is 0 Å². The molecule has 2 heterocycles. The van der Waals surface area contributed by atoms with E-state index >= 15 is 0 Å². The van der Waals surface area contributed by atoms with Crippen molar-refractivity contribution >= 4 is 11.3 Å². The molecule has 0 N–H and O–H groups in total. The molecule has 2 aromatic heterocycles. The lowest BCUT2D eigenvalue weighted by Crippen LogP contribution is -1.88.